The summed E-state index contributed by atoms with van der Waals surface area (Å²) in [6, 6.07) is 4.45. The normalized spacial score (nSPS) is 11.2. The van der Waals surface area contributed by atoms with Gasteiger partial charge in [0.1, 0.15) is 6.61 Å². The van der Waals surface area contributed by atoms with Gasteiger partial charge in [0.25, 0.3) is 0 Å². The van der Waals surface area contributed by atoms with Crippen molar-refractivity contribution in [2.45, 2.75) is 6.92 Å². The van der Waals surface area contributed by atoms with Crippen molar-refractivity contribution < 1.29 is 18.1 Å². The minimum atomic E-state index is -3.66. The van der Waals surface area contributed by atoms with E-state index in [9.17, 15) is 18.5 Å². The summed E-state index contributed by atoms with van der Waals surface area (Å²) in [6.07, 6.45) is 0. The lowest BCUT2D eigenvalue weighted by Gasteiger charge is -2.08. The highest BCUT2D eigenvalue weighted by molar-refractivity contribution is 8.13. The Bertz CT molecular complexity index is 528. The van der Waals surface area contributed by atoms with E-state index >= 15 is 0 Å². The van der Waals surface area contributed by atoms with Gasteiger partial charge in [-0.25, -0.2) is 8.42 Å². The van der Waals surface area contributed by atoms with Crippen LogP contribution in [0.3, 0.4) is 0 Å². The van der Waals surface area contributed by atoms with Crippen LogP contribution >= 0.6 is 10.7 Å². The maximum Gasteiger partial charge on any atom is 0.311 e. The number of nitro benzene ring substituents is 1. The van der Waals surface area contributed by atoms with Gasteiger partial charge in [0.05, 0.1) is 10.7 Å². The molecule has 8 heteroatoms. The van der Waals surface area contributed by atoms with Gasteiger partial charge in [-0.1, -0.05) is 12.1 Å². The van der Waals surface area contributed by atoms with Crippen molar-refractivity contribution in [2.75, 3.05) is 12.4 Å². The number of hydrogen-bond acceptors (Lipinski definition) is 5. The van der Waals surface area contributed by atoms with Crippen LogP contribution in [0.5, 0.6) is 5.75 Å². The van der Waals surface area contributed by atoms with Gasteiger partial charge in [-0.3, -0.25) is 10.1 Å². The number of ether oxygens (including phenoxy) is 1. The van der Waals surface area contributed by atoms with E-state index < -0.39 is 19.7 Å². The first-order valence-corrected chi connectivity index (χ1v) is 7.08. The fraction of sp³-hybridized carbons (Fsp3) is 0.333. The number of rotatable bonds is 5. The Morgan fingerprint density at radius 1 is 1.47 bits per heavy atom. The van der Waals surface area contributed by atoms with Gasteiger partial charge in [0.2, 0.25) is 9.05 Å². The molecule has 0 aliphatic heterocycles. The van der Waals surface area contributed by atoms with E-state index in [4.69, 9.17) is 15.4 Å². The highest BCUT2D eigenvalue weighted by Gasteiger charge is 2.17. The molecule has 0 fully saturated rings. The predicted molar refractivity (Wildman–Crippen MR) is 63.0 cm³/mol. The summed E-state index contributed by atoms with van der Waals surface area (Å²) in [4.78, 5) is 10.1. The van der Waals surface area contributed by atoms with Crippen LogP contribution in [-0.4, -0.2) is 25.7 Å². The number of nitrogens with zero attached hydrogens (tertiary/aromatic N) is 1. The molecule has 1 aromatic carbocycles. The highest BCUT2D eigenvalue weighted by atomic mass is 35.7. The molecule has 0 bridgehead atoms. The molecule has 0 aromatic heterocycles. The van der Waals surface area contributed by atoms with Crippen molar-refractivity contribution >= 4 is 25.4 Å². The van der Waals surface area contributed by atoms with Crippen LogP contribution in [0.2, 0.25) is 0 Å². The van der Waals surface area contributed by atoms with E-state index in [1.165, 1.54) is 12.1 Å². The van der Waals surface area contributed by atoms with Gasteiger partial charge in [-0.2, -0.15) is 0 Å². The van der Waals surface area contributed by atoms with E-state index in [0.29, 0.717) is 5.56 Å². The predicted octanol–water partition coefficient (Wildman–Crippen LogP) is 1.85. The molecule has 17 heavy (non-hydrogen) atoms. The maximum atomic E-state index is 10.7. The Balaban J connectivity index is 2.86. The van der Waals surface area contributed by atoms with Crippen molar-refractivity contribution in [1.82, 2.24) is 0 Å². The molecular weight excluding hydrogens is 270 g/mol. The van der Waals surface area contributed by atoms with E-state index in [1.807, 2.05) is 0 Å². The second-order valence-electron chi connectivity index (χ2n) is 3.27. The van der Waals surface area contributed by atoms with Crippen molar-refractivity contribution in [3.05, 3.63) is 33.9 Å². The minimum Gasteiger partial charge on any atom is -0.486 e. The average molecular weight is 280 g/mol. The lowest BCUT2D eigenvalue weighted by Crippen LogP contribution is -2.10. The first kappa shape index (κ1) is 13.7. The molecule has 1 aromatic rings. The van der Waals surface area contributed by atoms with Gasteiger partial charge < -0.3 is 4.74 Å². The number of nitro groups is 1. The SMILES string of the molecule is Cc1cccc([N+](=O)[O-])c1OCCS(=O)(=O)Cl. The topological polar surface area (TPSA) is 86.5 Å². The molecule has 0 aliphatic carbocycles. The average Bonchev–Trinajstić information content (AvgIpc) is 2.18. The summed E-state index contributed by atoms with van der Waals surface area (Å²) < 4.78 is 26.5. The molecule has 0 amide bonds. The highest BCUT2D eigenvalue weighted by Crippen LogP contribution is 2.30. The van der Waals surface area contributed by atoms with Gasteiger partial charge in [0.15, 0.2) is 5.75 Å². The molecule has 1 rings (SSSR count). The van der Waals surface area contributed by atoms with Gasteiger partial charge in [0, 0.05) is 16.7 Å². The lowest BCUT2D eigenvalue weighted by molar-refractivity contribution is -0.385. The van der Waals surface area contributed by atoms with Crippen molar-refractivity contribution in [2.24, 2.45) is 0 Å². The zero-order valence-electron chi connectivity index (χ0n) is 8.92. The molecule has 0 N–H and O–H groups in total. The van der Waals surface area contributed by atoms with Gasteiger partial charge in [-0.15, -0.1) is 0 Å². The van der Waals surface area contributed by atoms with Crippen LogP contribution in [0.4, 0.5) is 5.69 Å². The lowest BCUT2D eigenvalue weighted by atomic mass is 10.2. The number of halogens is 1. The third-order valence-corrected chi connectivity index (χ3v) is 3.08. The molecule has 0 radical (unpaired) electrons. The Hall–Kier alpha value is -1.34. The maximum absolute atomic E-state index is 10.7. The standard InChI is InChI=1S/C9H10ClNO5S/c1-7-3-2-4-8(11(12)13)9(7)16-5-6-17(10,14)15/h2-4H,5-6H2,1H3. The number of hydrogen-bond donors (Lipinski definition) is 0. The van der Waals surface area contributed by atoms with Crippen molar-refractivity contribution in [3.8, 4) is 5.75 Å². The number of benzene rings is 1. The summed E-state index contributed by atoms with van der Waals surface area (Å²) in [7, 11) is 1.34. The molecule has 94 valence electrons. The summed E-state index contributed by atoms with van der Waals surface area (Å²) in [5.74, 6) is -0.335. The Kier molecular flexibility index (Phi) is 4.30. The first-order chi connectivity index (χ1) is 7.81. The second kappa shape index (κ2) is 5.33. The summed E-state index contributed by atoms with van der Waals surface area (Å²) >= 11 is 0. The van der Waals surface area contributed by atoms with E-state index in [0.717, 1.165) is 0 Å². The second-order valence-corrected chi connectivity index (χ2v) is 6.17. The van der Waals surface area contributed by atoms with Crippen LogP contribution in [0.1, 0.15) is 5.56 Å². The fourth-order valence-electron chi connectivity index (χ4n) is 1.21. The smallest absolute Gasteiger partial charge is 0.311 e. The molecule has 0 atom stereocenters. The third-order valence-electron chi connectivity index (χ3n) is 1.96. The molecule has 6 nitrogen and oxygen atoms in total. The Labute approximate surface area is 103 Å². The summed E-state index contributed by atoms with van der Waals surface area (Å²) in [5, 5.41) is 10.7. The number of para-hydroxylation sites is 1. The summed E-state index contributed by atoms with van der Waals surface area (Å²) in [6.45, 7) is 1.41. The summed E-state index contributed by atoms with van der Waals surface area (Å²) in [5.41, 5.74) is 0.364. The third kappa shape index (κ3) is 4.20. The molecule has 0 heterocycles. The Morgan fingerprint density at radius 3 is 2.65 bits per heavy atom. The zero-order valence-corrected chi connectivity index (χ0v) is 10.5. The van der Waals surface area contributed by atoms with E-state index in [2.05, 4.69) is 0 Å². The monoisotopic (exact) mass is 279 g/mol. The van der Waals surface area contributed by atoms with Crippen LogP contribution in [0.25, 0.3) is 0 Å². The van der Waals surface area contributed by atoms with Gasteiger partial charge >= 0.3 is 5.69 Å². The zero-order chi connectivity index (χ0) is 13.1. The van der Waals surface area contributed by atoms with Crippen LogP contribution in [-0.2, 0) is 9.05 Å². The van der Waals surface area contributed by atoms with Crippen LogP contribution in [0.15, 0.2) is 18.2 Å². The molecule has 0 unspecified atom stereocenters. The first-order valence-electron chi connectivity index (χ1n) is 4.60. The molecule has 0 aliphatic rings. The number of aryl methyl sites for hydroxylation is 1. The quantitative estimate of drug-likeness (QED) is 0.466. The van der Waals surface area contributed by atoms with E-state index in [-0.39, 0.29) is 18.0 Å². The molecule has 0 saturated heterocycles. The largest absolute Gasteiger partial charge is 0.486 e. The molecular formula is C9H10ClNO5S. The van der Waals surface area contributed by atoms with Gasteiger partial charge in [-0.05, 0) is 12.5 Å². The van der Waals surface area contributed by atoms with Crippen molar-refractivity contribution in [3.63, 3.8) is 0 Å². The fourth-order valence-corrected chi connectivity index (χ4v) is 1.68. The van der Waals surface area contributed by atoms with E-state index in [1.54, 1.807) is 13.0 Å². The minimum absolute atomic E-state index is 0.0674. The molecule has 0 saturated carbocycles. The van der Waals surface area contributed by atoms with Crippen LogP contribution in [0, 0.1) is 17.0 Å². The van der Waals surface area contributed by atoms with Crippen LogP contribution < -0.4 is 4.74 Å². The van der Waals surface area contributed by atoms with Crippen molar-refractivity contribution in [1.29, 1.82) is 0 Å². The Morgan fingerprint density at radius 2 is 2.12 bits per heavy atom. The molecule has 0 spiro atoms.